The number of rotatable bonds is 5. The van der Waals surface area contributed by atoms with E-state index >= 15 is 0 Å². The fraction of sp³-hybridized carbons (Fsp3) is 1.00. The van der Waals surface area contributed by atoms with Crippen molar-refractivity contribution in [3.63, 3.8) is 0 Å². The van der Waals surface area contributed by atoms with Crippen LogP contribution in [-0.4, -0.2) is 64.8 Å². The molecule has 18 heavy (non-hydrogen) atoms. The molecule has 6 heteroatoms. The second kappa shape index (κ2) is 6.79. The van der Waals surface area contributed by atoms with Crippen molar-refractivity contribution in [3.05, 3.63) is 0 Å². The van der Waals surface area contributed by atoms with E-state index < -0.39 is 30.7 Å². The van der Waals surface area contributed by atoms with Crippen LogP contribution in [0.1, 0.15) is 27.7 Å². The van der Waals surface area contributed by atoms with Gasteiger partial charge in [-0.3, -0.25) is 0 Å². The number of hydrogen-bond donors (Lipinski definition) is 3. The van der Waals surface area contributed by atoms with E-state index in [1.165, 1.54) is 0 Å². The van der Waals surface area contributed by atoms with Crippen molar-refractivity contribution in [2.45, 2.75) is 70.6 Å². The van der Waals surface area contributed by atoms with E-state index in [0.717, 1.165) is 0 Å². The van der Waals surface area contributed by atoms with Crippen molar-refractivity contribution >= 4 is 0 Å². The monoisotopic (exact) mass is 264 g/mol. The molecule has 1 saturated heterocycles. The van der Waals surface area contributed by atoms with Crippen LogP contribution < -0.4 is 0 Å². The Kier molecular flexibility index (Phi) is 5.97. The Morgan fingerprint density at radius 1 is 0.944 bits per heavy atom. The molecule has 0 amide bonds. The first-order chi connectivity index (χ1) is 8.32. The molecule has 0 aromatic carbocycles. The third kappa shape index (κ3) is 4.15. The summed E-state index contributed by atoms with van der Waals surface area (Å²) in [6, 6.07) is 0. The number of aliphatic hydroxyl groups is 3. The highest BCUT2D eigenvalue weighted by Crippen LogP contribution is 2.23. The Hall–Kier alpha value is -0.240. The third-order valence-electron chi connectivity index (χ3n) is 2.67. The smallest absolute Gasteiger partial charge is 0.186 e. The zero-order valence-corrected chi connectivity index (χ0v) is 11.3. The molecule has 5 atom stereocenters. The Morgan fingerprint density at radius 2 is 1.56 bits per heavy atom. The molecular weight excluding hydrogens is 240 g/mol. The number of hydrogen-bond acceptors (Lipinski definition) is 6. The third-order valence-corrected chi connectivity index (χ3v) is 2.67. The van der Waals surface area contributed by atoms with Crippen LogP contribution in [0.25, 0.3) is 0 Å². The van der Waals surface area contributed by atoms with Gasteiger partial charge in [0, 0.05) is 0 Å². The van der Waals surface area contributed by atoms with E-state index in [9.17, 15) is 15.3 Å². The fourth-order valence-electron chi connectivity index (χ4n) is 1.72. The lowest BCUT2D eigenvalue weighted by Crippen LogP contribution is -2.59. The predicted molar refractivity (Wildman–Crippen MR) is 64.0 cm³/mol. The molecule has 6 nitrogen and oxygen atoms in total. The maximum atomic E-state index is 9.80. The van der Waals surface area contributed by atoms with Gasteiger partial charge in [0.1, 0.15) is 24.4 Å². The Morgan fingerprint density at radius 3 is 2.06 bits per heavy atom. The topological polar surface area (TPSA) is 88.4 Å². The molecular formula is C12H24O6. The van der Waals surface area contributed by atoms with Crippen molar-refractivity contribution < 1.29 is 29.5 Å². The van der Waals surface area contributed by atoms with E-state index in [-0.39, 0.29) is 18.8 Å². The standard InChI is InChI=1S/C12H24O6/c1-6(2)16-5-8-9(13)10(14)11(15)12(18-8)17-7(3)4/h6-15H,5H2,1-4H3/t8-,9?,10+,11?,12?/m0/s1. The first-order valence-electron chi connectivity index (χ1n) is 6.29. The minimum atomic E-state index is -1.30. The molecule has 1 rings (SSSR count). The van der Waals surface area contributed by atoms with Crippen LogP contribution in [0.4, 0.5) is 0 Å². The summed E-state index contributed by atoms with van der Waals surface area (Å²) in [5.41, 5.74) is 0. The van der Waals surface area contributed by atoms with Crippen LogP contribution >= 0.6 is 0 Å². The van der Waals surface area contributed by atoms with Crippen molar-refractivity contribution in [2.24, 2.45) is 0 Å². The second-order valence-electron chi connectivity index (χ2n) is 5.08. The molecule has 1 fully saturated rings. The second-order valence-corrected chi connectivity index (χ2v) is 5.08. The van der Waals surface area contributed by atoms with Crippen LogP contribution in [0.5, 0.6) is 0 Å². The van der Waals surface area contributed by atoms with Crippen LogP contribution in [0.3, 0.4) is 0 Å². The van der Waals surface area contributed by atoms with Gasteiger partial charge in [0.2, 0.25) is 0 Å². The van der Waals surface area contributed by atoms with Gasteiger partial charge in [-0.05, 0) is 27.7 Å². The summed E-state index contributed by atoms with van der Waals surface area (Å²) in [7, 11) is 0. The average Bonchev–Trinajstić information content (AvgIpc) is 2.27. The van der Waals surface area contributed by atoms with Gasteiger partial charge in [0.05, 0.1) is 18.8 Å². The zero-order valence-electron chi connectivity index (χ0n) is 11.3. The molecule has 0 bridgehead atoms. The van der Waals surface area contributed by atoms with Gasteiger partial charge in [0.25, 0.3) is 0 Å². The van der Waals surface area contributed by atoms with Gasteiger partial charge in [-0.15, -0.1) is 0 Å². The molecule has 0 aromatic heterocycles. The van der Waals surface area contributed by atoms with Gasteiger partial charge in [-0.2, -0.15) is 0 Å². The quantitative estimate of drug-likeness (QED) is 0.629. The lowest BCUT2D eigenvalue weighted by atomic mass is 9.99. The average molecular weight is 264 g/mol. The van der Waals surface area contributed by atoms with Crippen molar-refractivity contribution in [2.75, 3.05) is 6.61 Å². The SMILES string of the molecule is CC(C)OC[C@@H]1OC(OC(C)C)C(O)[C@H](O)C1O. The predicted octanol–water partition coefficient (Wildman–Crippen LogP) is -0.356. The molecule has 3 unspecified atom stereocenters. The summed E-state index contributed by atoms with van der Waals surface area (Å²) in [6.45, 7) is 7.46. The molecule has 0 spiro atoms. The normalized spacial score (nSPS) is 37.5. The lowest BCUT2D eigenvalue weighted by Gasteiger charge is -2.40. The van der Waals surface area contributed by atoms with Crippen LogP contribution in [0.15, 0.2) is 0 Å². The highest BCUT2D eigenvalue weighted by Gasteiger charge is 2.44. The Balaban J connectivity index is 2.62. The van der Waals surface area contributed by atoms with E-state index in [4.69, 9.17) is 14.2 Å². The molecule has 0 saturated carbocycles. The number of ether oxygens (including phenoxy) is 3. The van der Waals surface area contributed by atoms with Crippen LogP contribution in [0, 0.1) is 0 Å². The summed E-state index contributed by atoms with van der Waals surface area (Å²) >= 11 is 0. The highest BCUT2D eigenvalue weighted by molar-refractivity contribution is 4.89. The molecule has 1 aliphatic heterocycles. The van der Waals surface area contributed by atoms with Gasteiger partial charge in [-0.25, -0.2) is 0 Å². The molecule has 3 N–H and O–H groups in total. The molecule has 1 aliphatic rings. The van der Waals surface area contributed by atoms with Gasteiger partial charge in [0.15, 0.2) is 6.29 Å². The van der Waals surface area contributed by atoms with Crippen molar-refractivity contribution in [1.29, 1.82) is 0 Å². The van der Waals surface area contributed by atoms with E-state index in [1.807, 2.05) is 13.8 Å². The zero-order chi connectivity index (χ0) is 13.9. The fourth-order valence-corrected chi connectivity index (χ4v) is 1.72. The van der Waals surface area contributed by atoms with Gasteiger partial charge in [-0.1, -0.05) is 0 Å². The summed E-state index contributed by atoms with van der Waals surface area (Å²) in [4.78, 5) is 0. The summed E-state index contributed by atoms with van der Waals surface area (Å²) in [5.74, 6) is 0. The number of aliphatic hydroxyl groups excluding tert-OH is 3. The van der Waals surface area contributed by atoms with E-state index in [0.29, 0.717) is 0 Å². The van der Waals surface area contributed by atoms with E-state index in [2.05, 4.69) is 0 Å². The van der Waals surface area contributed by atoms with Crippen LogP contribution in [0.2, 0.25) is 0 Å². The van der Waals surface area contributed by atoms with Gasteiger partial charge >= 0.3 is 0 Å². The maximum Gasteiger partial charge on any atom is 0.186 e. The van der Waals surface area contributed by atoms with Crippen LogP contribution in [-0.2, 0) is 14.2 Å². The van der Waals surface area contributed by atoms with Crippen molar-refractivity contribution in [1.82, 2.24) is 0 Å². The molecule has 108 valence electrons. The Labute approximate surface area is 107 Å². The minimum Gasteiger partial charge on any atom is -0.387 e. The maximum absolute atomic E-state index is 9.80. The summed E-state index contributed by atoms with van der Waals surface area (Å²) in [5, 5.41) is 29.3. The Bertz CT molecular complexity index is 243. The largest absolute Gasteiger partial charge is 0.387 e. The first kappa shape index (κ1) is 15.8. The highest BCUT2D eigenvalue weighted by atomic mass is 16.7. The molecule has 0 aromatic rings. The molecule has 0 radical (unpaired) electrons. The minimum absolute atomic E-state index is 0.00531. The summed E-state index contributed by atoms with van der Waals surface area (Å²) in [6.07, 6.45) is -5.58. The first-order valence-corrected chi connectivity index (χ1v) is 6.29. The lowest BCUT2D eigenvalue weighted by molar-refractivity contribution is -0.311. The molecule has 1 heterocycles. The van der Waals surface area contributed by atoms with E-state index in [1.54, 1.807) is 13.8 Å². The van der Waals surface area contributed by atoms with Gasteiger partial charge < -0.3 is 29.5 Å². The molecule has 0 aliphatic carbocycles. The van der Waals surface area contributed by atoms with Crippen molar-refractivity contribution in [3.8, 4) is 0 Å². The summed E-state index contributed by atoms with van der Waals surface area (Å²) < 4.78 is 16.2.